The van der Waals surface area contributed by atoms with Crippen molar-refractivity contribution in [2.75, 3.05) is 0 Å². The molecule has 1 aliphatic carbocycles. The highest BCUT2D eigenvalue weighted by molar-refractivity contribution is 5.80. The summed E-state index contributed by atoms with van der Waals surface area (Å²) in [5, 5.41) is 4.75. The van der Waals surface area contributed by atoms with Gasteiger partial charge in [-0.15, -0.1) is 0 Å². The van der Waals surface area contributed by atoms with Crippen molar-refractivity contribution in [1.29, 1.82) is 0 Å². The van der Waals surface area contributed by atoms with Gasteiger partial charge in [0.1, 0.15) is 0 Å². The number of fused-ring (bicyclic) bond motifs is 2. The largest absolute Gasteiger partial charge is 0.357 e. The highest BCUT2D eigenvalue weighted by Gasteiger charge is 2.29. The van der Waals surface area contributed by atoms with Gasteiger partial charge in [0.05, 0.1) is 0 Å². The van der Waals surface area contributed by atoms with Gasteiger partial charge in [0.2, 0.25) is 0 Å². The van der Waals surface area contributed by atoms with Crippen LogP contribution in [0.3, 0.4) is 0 Å². The van der Waals surface area contributed by atoms with Crippen LogP contribution in [0.2, 0.25) is 0 Å². The van der Waals surface area contributed by atoms with Crippen molar-refractivity contribution in [2.45, 2.75) is 45.1 Å². The standard InChI is InChI=1S/C21H23N3/c1-2-4-21-16(3-1)10-19(23-21)14-24(20-7-8-20)13-15-5-6-17-11-22-12-18(17)9-15/h1-6,9-10,20,22-23H,7-8,11-14H2. The quantitative estimate of drug-likeness (QED) is 0.747. The lowest BCUT2D eigenvalue weighted by Crippen LogP contribution is -2.25. The fraction of sp³-hybridized carbons (Fsp3) is 0.333. The first-order valence-corrected chi connectivity index (χ1v) is 8.97. The molecule has 1 fully saturated rings. The van der Waals surface area contributed by atoms with Gasteiger partial charge in [0.25, 0.3) is 0 Å². The van der Waals surface area contributed by atoms with Gasteiger partial charge in [0.15, 0.2) is 0 Å². The van der Waals surface area contributed by atoms with Crippen molar-refractivity contribution in [3.8, 4) is 0 Å². The van der Waals surface area contributed by atoms with Crippen LogP contribution in [-0.4, -0.2) is 15.9 Å². The Kier molecular flexibility index (Phi) is 3.42. The van der Waals surface area contributed by atoms with E-state index in [0.29, 0.717) is 0 Å². The number of para-hydroxylation sites is 1. The van der Waals surface area contributed by atoms with Crippen molar-refractivity contribution in [3.05, 3.63) is 70.9 Å². The summed E-state index contributed by atoms with van der Waals surface area (Å²) in [6, 6.07) is 18.6. The SMILES string of the molecule is c1ccc2[nH]c(CN(Cc3ccc4c(c3)CNC4)C3CC3)cc2c1. The second-order valence-corrected chi connectivity index (χ2v) is 7.22. The van der Waals surface area contributed by atoms with E-state index in [-0.39, 0.29) is 0 Å². The Hall–Kier alpha value is -2.10. The maximum atomic E-state index is 3.58. The van der Waals surface area contributed by atoms with E-state index in [0.717, 1.165) is 32.2 Å². The van der Waals surface area contributed by atoms with E-state index >= 15 is 0 Å². The first-order valence-electron chi connectivity index (χ1n) is 8.97. The molecular weight excluding hydrogens is 294 g/mol. The van der Waals surface area contributed by atoms with E-state index < -0.39 is 0 Å². The Morgan fingerprint density at radius 2 is 1.79 bits per heavy atom. The molecule has 3 nitrogen and oxygen atoms in total. The molecule has 2 aliphatic rings. The van der Waals surface area contributed by atoms with E-state index in [2.05, 4.69) is 63.7 Å². The second-order valence-electron chi connectivity index (χ2n) is 7.22. The number of aromatic nitrogens is 1. The number of hydrogen-bond donors (Lipinski definition) is 2. The van der Waals surface area contributed by atoms with Crippen LogP contribution in [-0.2, 0) is 26.2 Å². The highest BCUT2D eigenvalue weighted by atomic mass is 15.2. The minimum atomic E-state index is 0.753. The molecule has 0 radical (unpaired) electrons. The molecule has 1 saturated carbocycles. The van der Waals surface area contributed by atoms with Crippen LogP contribution >= 0.6 is 0 Å². The maximum absolute atomic E-state index is 3.58. The maximum Gasteiger partial charge on any atom is 0.0456 e. The molecule has 5 rings (SSSR count). The molecule has 0 atom stereocenters. The summed E-state index contributed by atoms with van der Waals surface area (Å²) in [6.45, 7) is 4.10. The van der Waals surface area contributed by atoms with Crippen LogP contribution in [0.15, 0.2) is 48.5 Å². The fourth-order valence-electron chi connectivity index (χ4n) is 3.87. The predicted octanol–water partition coefficient (Wildman–Crippen LogP) is 3.94. The normalized spacial score (nSPS) is 16.9. The number of aromatic amines is 1. The van der Waals surface area contributed by atoms with Gasteiger partial charge in [-0.1, -0.05) is 36.4 Å². The van der Waals surface area contributed by atoms with Gasteiger partial charge in [-0.2, -0.15) is 0 Å². The van der Waals surface area contributed by atoms with Gasteiger partial charge in [0, 0.05) is 43.4 Å². The van der Waals surface area contributed by atoms with Crippen molar-refractivity contribution >= 4 is 10.9 Å². The number of rotatable bonds is 5. The van der Waals surface area contributed by atoms with Crippen molar-refractivity contribution in [2.24, 2.45) is 0 Å². The third kappa shape index (κ3) is 2.74. The van der Waals surface area contributed by atoms with Gasteiger partial charge in [-0.25, -0.2) is 0 Å². The van der Waals surface area contributed by atoms with Crippen LogP contribution < -0.4 is 5.32 Å². The van der Waals surface area contributed by atoms with Crippen molar-refractivity contribution in [1.82, 2.24) is 15.2 Å². The average Bonchev–Trinajstić information content (AvgIpc) is 3.20. The molecule has 1 aliphatic heterocycles. The third-order valence-electron chi connectivity index (χ3n) is 5.31. The van der Waals surface area contributed by atoms with Crippen molar-refractivity contribution in [3.63, 3.8) is 0 Å². The summed E-state index contributed by atoms with van der Waals surface area (Å²) in [5.41, 5.74) is 6.96. The Morgan fingerprint density at radius 3 is 2.67 bits per heavy atom. The van der Waals surface area contributed by atoms with E-state index in [1.807, 2.05) is 0 Å². The first-order chi connectivity index (χ1) is 11.8. The van der Waals surface area contributed by atoms with Gasteiger partial charge in [-0.3, -0.25) is 4.90 Å². The molecule has 24 heavy (non-hydrogen) atoms. The molecule has 0 amide bonds. The summed E-state index contributed by atoms with van der Waals surface area (Å²) in [6.07, 6.45) is 2.68. The number of benzene rings is 2. The summed E-state index contributed by atoms with van der Waals surface area (Å²) in [5.74, 6) is 0. The first kappa shape index (κ1) is 14.3. The number of H-pyrrole nitrogens is 1. The molecule has 0 saturated heterocycles. The van der Waals surface area contributed by atoms with Crippen LogP contribution in [0.5, 0.6) is 0 Å². The predicted molar refractivity (Wildman–Crippen MR) is 97.6 cm³/mol. The van der Waals surface area contributed by atoms with E-state index in [9.17, 15) is 0 Å². The zero-order valence-electron chi connectivity index (χ0n) is 13.9. The summed E-state index contributed by atoms with van der Waals surface area (Å²) < 4.78 is 0. The molecule has 0 spiro atoms. The topological polar surface area (TPSA) is 31.1 Å². The Morgan fingerprint density at radius 1 is 0.917 bits per heavy atom. The third-order valence-corrected chi connectivity index (χ3v) is 5.31. The van der Waals surface area contributed by atoms with Gasteiger partial charge in [-0.05, 0) is 47.1 Å². The molecule has 0 bridgehead atoms. The molecule has 3 heteroatoms. The molecule has 1 aromatic heterocycles. The molecule has 3 aromatic rings. The molecule has 2 aromatic carbocycles. The van der Waals surface area contributed by atoms with Gasteiger partial charge < -0.3 is 10.3 Å². The number of nitrogens with zero attached hydrogens (tertiary/aromatic N) is 1. The van der Waals surface area contributed by atoms with Gasteiger partial charge >= 0.3 is 0 Å². The lowest BCUT2D eigenvalue weighted by Gasteiger charge is -2.22. The molecule has 0 unspecified atom stereocenters. The Labute approximate surface area is 142 Å². The van der Waals surface area contributed by atoms with Crippen LogP contribution in [0.1, 0.15) is 35.2 Å². The van der Waals surface area contributed by atoms with Crippen LogP contribution in [0.25, 0.3) is 10.9 Å². The zero-order chi connectivity index (χ0) is 15.9. The molecule has 2 heterocycles. The van der Waals surface area contributed by atoms with Crippen LogP contribution in [0, 0.1) is 0 Å². The van der Waals surface area contributed by atoms with E-state index in [4.69, 9.17) is 0 Å². The van der Waals surface area contributed by atoms with Crippen LogP contribution in [0.4, 0.5) is 0 Å². The summed E-state index contributed by atoms with van der Waals surface area (Å²) in [7, 11) is 0. The van der Waals surface area contributed by atoms with E-state index in [1.165, 1.54) is 46.1 Å². The summed E-state index contributed by atoms with van der Waals surface area (Å²) >= 11 is 0. The summed E-state index contributed by atoms with van der Waals surface area (Å²) in [4.78, 5) is 6.22. The monoisotopic (exact) mass is 317 g/mol. The lowest BCUT2D eigenvalue weighted by molar-refractivity contribution is 0.243. The zero-order valence-corrected chi connectivity index (χ0v) is 13.9. The fourth-order valence-corrected chi connectivity index (χ4v) is 3.87. The smallest absolute Gasteiger partial charge is 0.0456 e. The molecule has 122 valence electrons. The number of nitrogens with one attached hydrogen (secondary N) is 2. The second kappa shape index (κ2) is 5.76. The van der Waals surface area contributed by atoms with Crippen molar-refractivity contribution < 1.29 is 0 Å². The lowest BCUT2D eigenvalue weighted by atomic mass is 10.1. The number of hydrogen-bond acceptors (Lipinski definition) is 2. The van der Waals surface area contributed by atoms with E-state index in [1.54, 1.807) is 0 Å². The molecule has 2 N–H and O–H groups in total. The molecular formula is C21H23N3. The minimum absolute atomic E-state index is 0.753. The minimum Gasteiger partial charge on any atom is -0.357 e. The Balaban J connectivity index is 1.37. The Bertz CT molecular complexity index is 843. The highest BCUT2D eigenvalue weighted by Crippen LogP contribution is 2.31. The average molecular weight is 317 g/mol.